The maximum Gasteiger partial charge on any atom is 0.256 e. The Morgan fingerprint density at radius 2 is 2.07 bits per heavy atom. The summed E-state index contributed by atoms with van der Waals surface area (Å²) in [5.41, 5.74) is 1.79. The number of hydrogen-bond acceptors (Lipinski definition) is 10. The normalized spacial score (nSPS) is 15.7. The molecule has 0 atom stereocenters. The van der Waals surface area contributed by atoms with E-state index in [0.717, 1.165) is 30.6 Å². The molecule has 2 aliphatic rings. The van der Waals surface area contributed by atoms with Gasteiger partial charge in [-0.15, -0.1) is 6.58 Å². The molecule has 0 spiro atoms. The molecule has 1 aromatic carbocycles. The predicted molar refractivity (Wildman–Crippen MR) is 162 cm³/mol. The van der Waals surface area contributed by atoms with Gasteiger partial charge in [0, 0.05) is 65.4 Å². The number of anilines is 4. The number of carbonyl (C=O) groups excluding carboxylic acids is 1. The maximum atomic E-state index is 14.4. The number of aromatic nitrogens is 3. The zero-order valence-electron chi connectivity index (χ0n) is 23.9. The molecule has 5 rings (SSSR count). The summed E-state index contributed by atoms with van der Waals surface area (Å²) in [6.45, 7) is 5.55. The van der Waals surface area contributed by atoms with Crippen LogP contribution in [0.4, 0.5) is 33.5 Å². The monoisotopic (exact) mass is 594 g/mol. The van der Waals surface area contributed by atoms with Gasteiger partial charge in [-0.3, -0.25) is 4.79 Å². The van der Waals surface area contributed by atoms with E-state index < -0.39 is 21.3 Å². The number of fused-ring (bicyclic) bond motifs is 1. The maximum absolute atomic E-state index is 14.4. The first-order valence-corrected chi connectivity index (χ1v) is 15.9. The Morgan fingerprint density at radius 1 is 1.26 bits per heavy atom. The van der Waals surface area contributed by atoms with Gasteiger partial charge in [-0.2, -0.15) is 9.35 Å². The van der Waals surface area contributed by atoms with Crippen molar-refractivity contribution in [1.82, 2.24) is 25.2 Å². The number of pyridine rings is 1. The molecule has 0 unspecified atom stereocenters. The predicted octanol–water partition coefficient (Wildman–Crippen LogP) is 4.50. The first-order chi connectivity index (χ1) is 20.0. The van der Waals surface area contributed by atoms with Crippen molar-refractivity contribution in [3.05, 3.63) is 65.9 Å². The SMILES string of the molecule is C=CCNC(=O)c1cnc(Nc2cc3c(c(OCC4(F)CC4)c2)CCN(C)C3)nc1Nc1cccc(N=S(C)(C)=O)n1. The molecule has 3 N–H and O–H groups in total. The lowest BCUT2D eigenvalue weighted by Crippen LogP contribution is -2.27. The van der Waals surface area contributed by atoms with Crippen LogP contribution in [0.3, 0.4) is 0 Å². The third-order valence-corrected chi connectivity index (χ3v) is 7.38. The molecule has 3 aromatic rings. The molecule has 42 heavy (non-hydrogen) atoms. The molecule has 1 amide bonds. The number of carbonyl (C=O) groups is 1. The topological polar surface area (TPSA) is 134 Å². The number of nitrogens with zero attached hydrogens (tertiary/aromatic N) is 5. The minimum atomic E-state index is -2.42. The van der Waals surface area contributed by atoms with Crippen molar-refractivity contribution < 1.29 is 18.1 Å². The molecule has 2 aromatic heterocycles. The van der Waals surface area contributed by atoms with E-state index in [1.807, 2.05) is 12.1 Å². The van der Waals surface area contributed by atoms with Gasteiger partial charge in [-0.25, -0.2) is 18.6 Å². The molecular weight excluding hydrogens is 559 g/mol. The zero-order valence-corrected chi connectivity index (χ0v) is 24.8. The van der Waals surface area contributed by atoms with Crippen molar-refractivity contribution in [2.24, 2.45) is 4.36 Å². The molecular formula is C29H35FN8O3S. The molecule has 1 aliphatic heterocycles. The highest BCUT2D eigenvalue weighted by atomic mass is 32.2. The minimum absolute atomic E-state index is 0.0290. The smallest absolute Gasteiger partial charge is 0.256 e. The summed E-state index contributed by atoms with van der Waals surface area (Å²) < 4.78 is 36.7. The van der Waals surface area contributed by atoms with Gasteiger partial charge in [-0.1, -0.05) is 12.1 Å². The average molecular weight is 595 g/mol. The van der Waals surface area contributed by atoms with Crippen molar-refractivity contribution >= 4 is 44.7 Å². The van der Waals surface area contributed by atoms with Crippen molar-refractivity contribution in [2.75, 3.05) is 49.9 Å². The molecule has 11 nitrogen and oxygen atoms in total. The van der Waals surface area contributed by atoms with E-state index in [1.54, 1.807) is 24.3 Å². The Kier molecular flexibility index (Phi) is 8.41. The van der Waals surface area contributed by atoms with Gasteiger partial charge >= 0.3 is 0 Å². The largest absolute Gasteiger partial charge is 0.490 e. The lowest BCUT2D eigenvalue weighted by atomic mass is 9.98. The zero-order chi connectivity index (χ0) is 29.9. The highest BCUT2D eigenvalue weighted by molar-refractivity contribution is 7.92. The molecule has 0 bridgehead atoms. The second-order valence-electron chi connectivity index (χ2n) is 10.9. The summed E-state index contributed by atoms with van der Waals surface area (Å²) in [7, 11) is -0.368. The van der Waals surface area contributed by atoms with Gasteiger partial charge in [0.05, 0.1) is 0 Å². The summed E-state index contributed by atoms with van der Waals surface area (Å²) in [5.74, 6) is 1.32. The summed E-state index contributed by atoms with van der Waals surface area (Å²) in [4.78, 5) is 28.5. The van der Waals surface area contributed by atoms with Gasteiger partial charge in [-0.05, 0) is 50.1 Å². The van der Waals surface area contributed by atoms with Crippen LogP contribution in [0.15, 0.2) is 53.5 Å². The Labute approximate surface area is 245 Å². The lowest BCUT2D eigenvalue weighted by Gasteiger charge is -2.27. The Morgan fingerprint density at radius 3 is 2.81 bits per heavy atom. The van der Waals surface area contributed by atoms with E-state index in [2.05, 4.69) is 53.8 Å². The fourth-order valence-corrected chi connectivity index (χ4v) is 5.02. The summed E-state index contributed by atoms with van der Waals surface area (Å²) in [6, 6.07) is 8.90. The minimum Gasteiger partial charge on any atom is -0.490 e. The third-order valence-electron chi connectivity index (χ3n) is 6.75. The Hall–Kier alpha value is -4.10. The number of ether oxygens (including phenoxy) is 1. The number of nitrogens with one attached hydrogen (secondary N) is 3. The average Bonchev–Trinajstić information content (AvgIpc) is 3.66. The highest BCUT2D eigenvalue weighted by Crippen LogP contribution is 2.41. The number of hydrogen-bond donors (Lipinski definition) is 3. The number of rotatable bonds is 11. The molecule has 3 heterocycles. The van der Waals surface area contributed by atoms with Gasteiger partial charge in [0.2, 0.25) is 5.95 Å². The van der Waals surface area contributed by atoms with Crippen molar-refractivity contribution in [3.8, 4) is 5.75 Å². The molecule has 222 valence electrons. The molecule has 0 saturated heterocycles. The van der Waals surface area contributed by atoms with Crippen LogP contribution in [0.1, 0.15) is 34.3 Å². The van der Waals surface area contributed by atoms with Crippen molar-refractivity contribution in [1.29, 1.82) is 0 Å². The van der Waals surface area contributed by atoms with Crippen molar-refractivity contribution in [3.63, 3.8) is 0 Å². The summed E-state index contributed by atoms with van der Waals surface area (Å²) in [5, 5.41) is 9.04. The highest BCUT2D eigenvalue weighted by Gasteiger charge is 2.44. The van der Waals surface area contributed by atoms with E-state index in [-0.39, 0.29) is 36.3 Å². The number of alkyl halides is 1. The fourth-order valence-electron chi connectivity index (χ4n) is 4.47. The van der Waals surface area contributed by atoms with E-state index in [4.69, 9.17) is 4.74 Å². The van der Waals surface area contributed by atoms with Crippen LogP contribution >= 0.6 is 0 Å². The van der Waals surface area contributed by atoms with Crippen LogP contribution in [-0.4, -0.2) is 74.9 Å². The van der Waals surface area contributed by atoms with Crippen LogP contribution in [0.2, 0.25) is 0 Å². The lowest BCUT2D eigenvalue weighted by molar-refractivity contribution is 0.0958. The summed E-state index contributed by atoms with van der Waals surface area (Å²) >= 11 is 0. The number of likely N-dealkylation sites (N-methyl/N-ethyl adjacent to an activating group) is 1. The summed E-state index contributed by atoms with van der Waals surface area (Å²) in [6.07, 6.45) is 7.89. The first-order valence-electron chi connectivity index (χ1n) is 13.6. The van der Waals surface area contributed by atoms with Crippen LogP contribution < -0.4 is 20.7 Å². The fraction of sp³-hybridized carbons (Fsp3) is 0.379. The van der Waals surface area contributed by atoms with Gasteiger partial charge < -0.3 is 25.6 Å². The number of benzene rings is 1. The Bertz CT molecular complexity index is 1630. The Balaban J connectivity index is 1.46. The quantitative estimate of drug-likeness (QED) is 0.274. The van der Waals surface area contributed by atoms with E-state index in [9.17, 15) is 13.4 Å². The van der Waals surface area contributed by atoms with Gasteiger partial charge in [0.1, 0.15) is 35.2 Å². The standard InChI is InChI=1S/C29H35FN8O3S/c1-5-12-31-27(39)22-16-32-28(36-26(22)35-24-7-6-8-25(34-24)37-42(3,4)40)33-20-14-19-17-38(2)13-9-21(19)23(15-20)41-18-29(30)10-11-29/h5-8,14-16H,1,9-13,17-18H2,2-4H3,(H,31,39)(H2,32,33,34,35,36). The van der Waals surface area contributed by atoms with Crippen LogP contribution in [-0.2, 0) is 22.7 Å². The molecule has 1 fully saturated rings. The van der Waals surface area contributed by atoms with Crippen molar-refractivity contribution in [2.45, 2.75) is 31.5 Å². The number of amides is 1. The molecule has 13 heteroatoms. The van der Waals surface area contributed by atoms with Gasteiger partial charge in [0.25, 0.3) is 5.91 Å². The molecule has 0 radical (unpaired) electrons. The van der Waals surface area contributed by atoms with Crippen LogP contribution in [0.5, 0.6) is 5.75 Å². The van der Waals surface area contributed by atoms with Crippen LogP contribution in [0.25, 0.3) is 0 Å². The molecule has 1 aliphatic carbocycles. The van der Waals surface area contributed by atoms with E-state index >= 15 is 0 Å². The second kappa shape index (κ2) is 12.0. The molecule has 1 saturated carbocycles. The van der Waals surface area contributed by atoms with E-state index in [1.165, 1.54) is 18.7 Å². The van der Waals surface area contributed by atoms with E-state index in [0.29, 0.717) is 30.1 Å². The second-order valence-corrected chi connectivity index (χ2v) is 13.4. The first kappa shape index (κ1) is 29.4. The van der Waals surface area contributed by atoms with Crippen LogP contribution in [0, 0.1) is 0 Å². The third kappa shape index (κ3) is 7.59. The van der Waals surface area contributed by atoms with Gasteiger partial charge in [0.15, 0.2) is 5.82 Å². The number of halogens is 1.